The Kier molecular flexibility index (Phi) is 2.96. The molecule has 0 atom stereocenters. The van der Waals surface area contributed by atoms with E-state index in [4.69, 9.17) is 5.73 Å². The van der Waals surface area contributed by atoms with E-state index in [1.54, 1.807) is 0 Å². The smallest absolute Gasteiger partial charge is 0.237 e. The normalized spacial score (nSPS) is 20.6. The third kappa shape index (κ3) is 2.50. The molecule has 2 rings (SSSR count). The van der Waals surface area contributed by atoms with Crippen LogP contribution in [0.1, 0.15) is 32.3 Å². The van der Waals surface area contributed by atoms with Crippen LogP contribution in [-0.4, -0.2) is 11.4 Å². The summed E-state index contributed by atoms with van der Waals surface area (Å²) < 4.78 is 0. The Morgan fingerprint density at radius 2 is 1.88 bits per heavy atom. The summed E-state index contributed by atoms with van der Waals surface area (Å²) in [6.45, 7) is 5.02. The molecule has 0 radical (unpaired) electrons. The van der Waals surface area contributed by atoms with E-state index in [2.05, 4.69) is 19.2 Å². The molecule has 1 fully saturated rings. The number of carbonyl (C=O) groups excluding carboxylic acids is 1. The summed E-state index contributed by atoms with van der Waals surface area (Å²) in [6, 6.07) is 10.1. The van der Waals surface area contributed by atoms with Crippen LogP contribution in [0.5, 0.6) is 0 Å². The number of nitrogens with one attached hydrogen (secondary N) is 1. The third-order valence-electron chi connectivity index (χ3n) is 3.51. The summed E-state index contributed by atoms with van der Waals surface area (Å²) in [5.74, 6) is -0.229. The summed E-state index contributed by atoms with van der Waals surface area (Å²) in [5, 5.41) is 3.33. The van der Waals surface area contributed by atoms with Crippen LogP contribution in [0.2, 0.25) is 0 Å². The van der Waals surface area contributed by atoms with Gasteiger partial charge in [0, 0.05) is 6.54 Å². The predicted molar refractivity (Wildman–Crippen MR) is 68.2 cm³/mol. The Labute approximate surface area is 102 Å². The van der Waals surface area contributed by atoms with Gasteiger partial charge in [-0.3, -0.25) is 10.1 Å². The first-order valence-corrected chi connectivity index (χ1v) is 6.02. The van der Waals surface area contributed by atoms with Crippen LogP contribution >= 0.6 is 0 Å². The van der Waals surface area contributed by atoms with Crippen molar-refractivity contribution in [3.05, 3.63) is 35.9 Å². The maximum atomic E-state index is 11.6. The summed E-state index contributed by atoms with van der Waals surface area (Å²) in [6.07, 6.45) is 1.64. The second-order valence-corrected chi connectivity index (χ2v) is 5.80. The van der Waals surface area contributed by atoms with E-state index in [9.17, 15) is 4.79 Å². The number of rotatable bonds is 4. The Bertz CT molecular complexity index is 403. The van der Waals surface area contributed by atoms with Gasteiger partial charge in [-0.05, 0) is 23.8 Å². The van der Waals surface area contributed by atoms with Crippen LogP contribution in [0, 0.1) is 5.41 Å². The zero-order valence-corrected chi connectivity index (χ0v) is 10.5. The number of nitrogens with two attached hydrogens (primary N) is 1. The van der Waals surface area contributed by atoms with Crippen LogP contribution in [0.4, 0.5) is 0 Å². The number of carbonyl (C=O) groups is 1. The van der Waals surface area contributed by atoms with E-state index < -0.39 is 5.54 Å². The average Bonchev–Trinajstić information content (AvgIpc) is 2.24. The predicted octanol–water partition coefficient (Wildman–Crippen LogP) is 1.82. The SMILES string of the molecule is CC1(C)CC(NCc2ccccc2)(C(N)=O)C1. The molecule has 0 bridgehead atoms. The molecular weight excluding hydrogens is 212 g/mol. The molecular formula is C14H20N2O. The lowest BCUT2D eigenvalue weighted by atomic mass is 9.59. The lowest BCUT2D eigenvalue weighted by molar-refractivity contribution is -0.133. The Balaban J connectivity index is 1.99. The van der Waals surface area contributed by atoms with Gasteiger partial charge in [-0.1, -0.05) is 44.2 Å². The van der Waals surface area contributed by atoms with Gasteiger partial charge in [0.05, 0.1) is 5.54 Å². The fourth-order valence-electron chi connectivity index (χ4n) is 2.84. The molecule has 17 heavy (non-hydrogen) atoms. The highest BCUT2D eigenvalue weighted by atomic mass is 16.1. The Hall–Kier alpha value is -1.35. The highest BCUT2D eigenvalue weighted by molar-refractivity contribution is 5.86. The fourth-order valence-corrected chi connectivity index (χ4v) is 2.84. The molecule has 0 spiro atoms. The molecule has 0 aromatic heterocycles. The van der Waals surface area contributed by atoms with Gasteiger partial charge >= 0.3 is 0 Å². The first-order chi connectivity index (χ1) is 7.94. The summed E-state index contributed by atoms with van der Waals surface area (Å²) >= 11 is 0. The molecule has 0 unspecified atom stereocenters. The lowest BCUT2D eigenvalue weighted by Gasteiger charge is -2.51. The molecule has 0 saturated heterocycles. The zero-order chi connectivity index (χ0) is 12.5. The molecule has 0 aliphatic heterocycles. The second kappa shape index (κ2) is 4.15. The number of hydrogen-bond donors (Lipinski definition) is 2. The van der Waals surface area contributed by atoms with Crippen molar-refractivity contribution in [3.8, 4) is 0 Å². The highest BCUT2D eigenvalue weighted by Crippen LogP contribution is 2.47. The Morgan fingerprint density at radius 3 is 2.35 bits per heavy atom. The van der Waals surface area contributed by atoms with Crippen molar-refractivity contribution >= 4 is 5.91 Å². The molecule has 3 nitrogen and oxygen atoms in total. The monoisotopic (exact) mass is 232 g/mol. The molecule has 1 aromatic carbocycles. The highest BCUT2D eigenvalue weighted by Gasteiger charge is 2.52. The van der Waals surface area contributed by atoms with Crippen LogP contribution in [-0.2, 0) is 11.3 Å². The van der Waals surface area contributed by atoms with E-state index in [-0.39, 0.29) is 11.3 Å². The topological polar surface area (TPSA) is 55.1 Å². The standard InChI is InChI=1S/C14H20N2O/c1-13(2)9-14(10-13,12(15)17)16-8-11-6-4-3-5-7-11/h3-7,16H,8-10H2,1-2H3,(H2,15,17). The molecule has 3 heteroatoms. The van der Waals surface area contributed by atoms with Gasteiger partial charge in [0.1, 0.15) is 0 Å². The van der Waals surface area contributed by atoms with Crippen LogP contribution in [0.3, 0.4) is 0 Å². The maximum Gasteiger partial charge on any atom is 0.237 e. The van der Waals surface area contributed by atoms with E-state index in [0.717, 1.165) is 12.8 Å². The first-order valence-electron chi connectivity index (χ1n) is 6.02. The molecule has 92 valence electrons. The van der Waals surface area contributed by atoms with Crippen molar-refractivity contribution in [1.82, 2.24) is 5.32 Å². The van der Waals surface area contributed by atoms with Gasteiger partial charge in [-0.25, -0.2) is 0 Å². The molecule has 1 saturated carbocycles. The van der Waals surface area contributed by atoms with Gasteiger partial charge in [0.2, 0.25) is 5.91 Å². The first kappa shape index (κ1) is 12.1. The number of amides is 1. The van der Waals surface area contributed by atoms with Crippen molar-refractivity contribution in [2.45, 2.75) is 38.8 Å². The summed E-state index contributed by atoms with van der Waals surface area (Å²) in [5.41, 5.74) is 6.42. The van der Waals surface area contributed by atoms with Crippen LogP contribution < -0.4 is 11.1 Å². The molecule has 1 aromatic rings. The van der Waals surface area contributed by atoms with E-state index in [1.165, 1.54) is 5.56 Å². The maximum absolute atomic E-state index is 11.6. The van der Waals surface area contributed by atoms with Crippen molar-refractivity contribution in [1.29, 1.82) is 0 Å². The Morgan fingerprint density at radius 1 is 1.29 bits per heavy atom. The fraction of sp³-hybridized carbons (Fsp3) is 0.500. The van der Waals surface area contributed by atoms with Gasteiger partial charge in [-0.2, -0.15) is 0 Å². The van der Waals surface area contributed by atoms with Crippen molar-refractivity contribution in [3.63, 3.8) is 0 Å². The molecule has 1 aliphatic carbocycles. The number of benzene rings is 1. The van der Waals surface area contributed by atoms with E-state index in [1.807, 2.05) is 30.3 Å². The van der Waals surface area contributed by atoms with E-state index >= 15 is 0 Å². The summed E-state index contributed by atoms with van der Waals surface area (Å²) in [7, 11) is 0. The lowest BCUT2D eigenvalue weighted by Crippen LogP contribution is -2.65. The molecule has 3 N–H and O–H groups in total. The second-order valence-electron chi connectivity index (χ2n) is 5.80. The minimum absolute atomic E-state index is 0.221. The van der Waals surface area contributed by atoms with Gasteiger partial charge in [-0.15, -0.1) is 0 Å². The van der Waals surface area contributed by atoms with Crippen LogP contribution in [0.25, 0.3) is 0 Å². The van der Waals surface area contributed by atoms with Gasteiger partial charge in [0.25, 0.3) is 0 Å². The minimum Gasteiger partial charge on any atom is -0.368 e. The largest absolute Gasteiger partial charge is 0.368 e. The molecule has 0 heterocycles. The average molecular weight is 232 g/mol. The van der Waals surface area contributed by atoms with Crippen LogP contribution in [0.15, 0.2) is 30.3 Å². The van der Waals surface area contributed by atoms with Crippen molar-refractivity contribution < 1.29 is 4.79 Å². The zero-order valence-electron chi connectivity index (χ0n) is 10.5. The minimum atomic E-state index is -0.501. The quantitative estimate of drug-likeness (QED) is 0.832. The number of hydrogen-bond acceptors (Lipinski definition) is 2. The molecule has 1 amide bonds. The van der Waals surface area contributed by atoms with Crippen molar-refractivity contribution in [2.24, 2.45) is 11.1 Å². The van der Waals surface area contributed by atoms with Gasteiger partial charge in [0.15, 0.2) is 0 Å². The van der Waals surface area contributed by atoms with E-state index in [0.29, 0.717) is 6.54 Å². The third-order valence-corrected chi connectivity index (χ3v) is 3.51. The number of primary amides is 1. The summed E-state index contributed by atoms with van der Waals surface area (Å²) in [4.78, 5) is 11.6. The van der Waals surface area contributed by atoms with Crippen molar-refractivity contribution in [2.75, 3.05) is 0 Å². The van der Waals surface area contributed by atoms with Gasteiger partial charge < -0.3 is 5.73 Å². The molecule has 1 aliphatic rings.